The SMILES string of the molecule is CC(Cc1cccs1)N(C)CC(=O)c1ccc(F)cc1F. The zero-order chi connectivity index (χ0) is 15.4. The van der Waals surface area contributed by atoms with E-state index in [1.165, 1.54) is 10.9 Å². The molecule has 0 spiro atoms. The maximum atomic E-state index is 13.6. The highest BCUT2D eigenvalue weighted by molar-refractivity contribution is 7.09. The molecular formula is C16H17F2NOS. The van der Waals surface area contributed by atoms with Crippen LogP contribution in [0.4, 0.5) is 8.78 Å². The number of benzene rings is 1. The molecule has 1 heterocycles. The molecule has 0 fully saturated rings. The molecule has 1 aromatic heterocycles. The van der Waals surface area contributed by atoms with Gasteiger partial charge in [0.05, 0.1) is 12.1 Å². The van der Waals surface area contributed by atoms with Crippen molar-refractivity contribution >= 4 is 17.1 Å². The summed E-state index contributed by atoms with van der Waals surface area (Å²) in [6.07, 6.45) is 0.841. The summed E-state index contributed by atoms with van der Waals surface area (Å²) in [6, 6.07) is 7.25. The minimum atomic E-state index is -0.806. The third kappa shape index (κ3) is 4.19. The van der Waals surface area contributed by atoms with E-state index in [1.54, 1.807) is 11.3 Å². The number of likely N-dealkylation sites (N-methyl/N-ethyl adjacent to an activating group) is 1. The molecule has 0 saturated heterocycles. The summed E-state index contributed by atoms with van der Waals surface area (Å²) in [5, 5.41) is 2.01. The lowest BCUT2D eigenvalue weighted by Crippen LogP contribution is -2.35. The number of nitrogens with zero attached hydrogens (tertiary/aromatic N) is 1. The zero-order valence-electron chi connectivity index (χ0n) is 12.0. The van der Waals surface area contributed by atoms with E-state index in [9.17, 15) is 13.6 Å². The molecule has 2 aromatic rings. The van der Waals surface area contributed by atoms with Gasteiger partial charge in [0.25, 0.3) is 0 Å². The largest absolute Gasteiger partial charge is 0.296 e. The van der Waals surface area contributed by atoms with Crippen molar-refractivity contribution in [3.8, 4) is 0 Å². The Labute approximate surface area is 127 Å². The van der Waals surface area contributed by atoms with Crippen molar-refractivity contribution in [1.29, 1.82) is 0 Å². The van der Waals surface area contributed by atoms with E-state index in [0.717, 1.165) is 18.6 Å². The van der Waals surface area contributed by atoms with E-state index >= 15 is 0 Å². The summed E-state index contributed by atoms with van der Waals surface area (Å²) in [7, 11) is 1.83. The maximum absolute atomic E-state index is 13.6. The number of thiophene rings is 1. The van der Waals surface area contributed by atoms with Crippen molar-refractivity contribution < 1.29 is 13.6 Å². The third-order valence-electron chi connectivity index (χ3n) is 3.45. The van der Waals surface area contributed by atoms with E-state index in [1.807, 2.05) is 30.3 Å². The first-order valence-electron chi connectivity index (χ1n) is 6.68. The van der Waals surface area contributed by atoms with E-state index < -0.39 is 11.6 Å². The molecule has 2 rings (SSSR count). The Hall–Kier alpha value is -1.59. The number of carbonyl (C=O) groups excluding carboxylic acids is 1. The van der Waals surface area contributed by atoms with Crippen molar-refractivity contribution in [3.05, 3.63) is 57.8 Å². The minimum Gasteiger partial charge on any atom is -0.296 e. The van der Waals surface area contributed by atoms with Crippen LogP contribution in [0.15, 0.2) is 35.7 Å². The monoisotopic (exact) mass is 309 g/mol. The molecule has 2 nitrogen and oxygen atoms in total. The molecule has 1 unspecified atom stereocenters. The predicted octanol–water partition coefficient (Wildman–Crippen LogP) is 3.77. The van der Waals surface area contributed by atoms with Gasteiger partial charge in [-0.3, -0.25) is 9.69 Å². The Morgan fingerprint density at radius 3 is 2.71 bits per heavy atom. The van der Waals surface area contributed by atoms with Crippen molar-refractivity contribution in [3.63, 3.8) is 0 Å². The van der Waals surface area contributed by atoms with Gasteiger partial charge in [0.1, 0.15) is 11.6 Å². The average Bonchev–Trinajstić information content (AvgIpc) is 2.91. The van der Waals surface area contributed by atoms with Crippen LogP contribution >= 0.6 is 11.3 Å². The van der Waals surface area contributed by atoms with Crippen molar-refractivity contribution in [1.82, 2.24) is 4.90 Å². The Bertz CT molecular complexity index is 613. The Morgan fingerprint density at radius 2 is 2.10 bits per heavy atom. The molecule has 0 radical (unpaired) electrons. The van der Waals surface area contributed by atoms with Crippen molar-refractivity contribution in [2.24, 2.45) is 0 Å². The molecule has 1 atom stereocenters. The second-order valence-electron chi connectivity index (χ2n) is 5.09. The van der Waals surface area contributed by atoms with E-state index in [0.29, 0.717) is 0 Å². The standard InChI is InChI=1S/C16H17F2NOS/c1-11(8-13-4-3-7-21-13)19(2)10-16(20)14-6-5-12(17)9-15(14)18/h3-7,9,11H,8,10H2,1-2H3. The average molecular weight is 309 g/mol. The van der Waals surface area contributed by atoms with E-state index in [-0.39, 0.29) is 23.9 Å². The van der Waals surface area contributed by atoms with E-state index in [4.69, 9.17) is 0 Å². The molecule has 21 heavy (non-hydrogen) atoms. The normalized spacial score (nSPS) is 12.6. The number of Topliss-reactive ketones (excluding diaryl/α,β-unsaturated/α-hetero) is 1. The quantitative estimate of drug-likeness (QED) is 0.757. The Kier molecular flexibility index (Phi) is 5.20. The number of hydrogen-bond acceptors (Lipinski definition) is 3. The Morgan fingerprint density at radius 1 is 1.33 bits per heavy atom. The van der Waals surface area contributed by atoms with Crippen molar-refractivity contribution in [2.45, 2.75) is 19.4 Å². The highest BCUT2D eigenvalue weighted by Gasteiger charge is 2.18. The fourth-order valence-corrected chi connectivity index (χ4v) is 2.89. The first-order chi connectivity index (χ1) is 9.97. The summed E-state index contributed by atoms with van der Waals surface area (Å²) in [4.78, 5) is 15.2. The number of ketones is 1. The predicted molar refractivity (Wildman–Crippen MR) is 80.8 cm³/mol. The summed E-state index contributed by atoms with van der Waals surface area (Å²) >= 11 is 1.67. The highest BCUT2D eigenvalue weighted by atomic mass is 32.1. The van der Waals surface area contributed by atoms with Crippen LogP contribution in [0.5, 0.6) is 0 Å². The van der Waals surface area contributed by atoms with Crippen LogP contribution in [0.3, 0.4) is 0 Å². The molecule has 1 aromatic carbocycles. The van der Waals surface area contributed by atoms with Gasteiger partial charge in [-0.2, -0.15) is 0 Å². The van der Waals surface area contributed by atoms with Crippen LogP contribution in [0.25, 0.3) is 0 Å². The van der Waals surface area contributed by atoms with Crippen molar-refractivity contribution in [2.75, 3.05) is 13.6 Å². The minimum absolute atomic E-state index is 0.0634. The van der Waals surface area contributed by atoms with Crippen LogP contribution in [-0.2, 0) is 6.42 Å². The smallest absolute Gasteiger partial charge is 0.179 e. The van der Waals surface area contributed by atoms with Crippen LogP contribution in [-0.4, -0.2) is 30.3 Å². The molecule has 0 aliphatic rings. The first-order valence-corrected chi connectivity index (χ1v) is 7.56. The van der Waals surface area contributed by atoms with Crippen LogP contribution in [0.1, 0.15) is 22.2 Å². The number of rotatable bonds is 6. The topological polar surface area (TPSA) is 20.3 Å². The maximum Gasteiger partial charge on any atom is 0.179 e. The fraction of sp³-hybridized carbons (Fsp3) is 0.312. The van der Waals surface area contributed by atoms with Gasteiger partial charge in [0.2, 0.25) is 0 Å². The lowest BCUT2D eigenvalue weighted by Gasteiger charge is -2.23. The highest BCUT2D eigenvalue weighted by Crippen LogP contribution is 2.15. The summed E-state index contributed by atoms with van der Waals surface area (Å²) in [5.74, 6) is -1.82. The van der Waals surface area contributed by atoms with Crippen LogP contribution in [0.2, 0.25) is 0 Å². The van der Waals surface area contributed by atoms with E-state index in [2.05, 4.69) is 6.07 Å². The van der Waals surface area contributed by atoms with Gasteiger partial charge in [-0.05, 0) is 44.0 Å². The lowest BCUT2D eigenvalue weighted by atomic mass is 10.1. The number of carbonyl (C=O) groups is 1. The number of halogens is 2. The van der Waals surface area contributed by atoms with Gasteiger partial charge in [-0.1, -0.05) is 6.07 Å². The van der Waals surface area contributed by atoms with Gasteiger partial charge < -0.3 is 0 Å². The molecule has 0 bridgehead atoms. The van der Waals surface area contributed by atoms with Gasteiger partial charge in [-0.15, -0.1) is 11.3 Å². The first kappa shape index (κ1) is 15.8. The molecule has 0 amide bonds. The molecular weight excluding hydrogens is 292 g/mol. The summed E-state index contributed by atoms with van der Waals surface area (Å²) in [6.45, 7) is 2.13. The molecule has 112 valence electrons. The molecule has 0 saturated carbocycles. The lowest BCUT2D eigenvalue weighted by molar-refractivity contribution is 0.0920. The van der Waals surface area contributed by atoms with Gasteiger partial charge in [0, 0.05) is 17.0 Å². The van der Waals surface area contributed by atoms with Gasteiger partial charge in [-0.25, -0.2) is 8.78 Å². The third-order valence-corrected chi connectivity index (χ3v) is 4.35. The van der Waals surface area contributed by atoms with Gasteiger partial charge >= 0.3 is 0 Å². The van der Waals surface area contributed by atoms with Crippen LogP contribution in [0, 0.1) is 11.6 Å². The second-order valence-corrected chi connectivity index (χ2v) is 6.13. The molecule has 0 aliphatic heterocycles. The zero-order valence-corrected chi connectivity index (χ0v) is 12.8. The molecule has 0 N–H and O–H groups in total. The number of hydrogen-bond donors (Lipinski definition) is 0. The van der Waals surface area contributed by atoms with Gasteiger partial charge in [0.15, 0.2) is 5.78 Å². The summed E-state index contributed by atoms with van der Waals surface area (Å²) < 4.78 is 26.4. The fourth-order valence-electron chi connectivity index (χ4n) is 2.06. The molecule has 0 aliphatic carbocycles. The second kappa shape index (κ2) is 6.91. The molecule has 5 heteroatoms. The summed E-state index contributed by atoms with van der Waals surface area (Å²) in [5.41, 5.74) is -0.0634. The van der Waals surface area contributed by atoms with Crippen LogP contribution < -0.4 is 0 Å². The Balaban J connectivity index is 1.98.